The predicted octanol–water partition coefficient (Wildman–Crippen LogP) is 3.22. The average Bonchev–Trinajstić information content (AvgIpc) is 2.93. The molecule has 2 heterocycles. The first-order valence-corrected chi connectivity index (χ1v) is 9.66. The molecule has 1 aromatic carbocycles. The summed E-state index contributed by atoms with van der Waals surface area (Å²) in [7, 11) is 0. The Morgan fingerprint density at radius 2 is 1.81 bits per heavy atom. The van der Waals surface area contributed by atoms with E-state index < -0.39 is 11.6 Å². The lowest BCUT2D eigenvalue weighted by Crippen LogP contribution is -2.49. The minimum atomic E-state index is -0.726. The molecule has 2 fully saturated rings. The minimum absolute atomic E-state index is 0.265. The minimum Gasteiger partial charge on any atom is -0.481 e. The van der Waals surface area contributed by atoms with Crippen molar-refractivity contribution in [2.45, 2.75) is 45.8 Å². The number of ether oxygens (including phenoxy) is 1. The summed E-state index contributed by atoms with van der Waals surface area (Å²) >= 11 is 0. The first-order chi connectivity index (χ1) is 12.7. The fourth-order valence-corrected chi connectivity index (χ4v) is 4.34. The SMILES string of the molecule is CC(C)(C)OC(=O)N1CCC2(CC1)CN(Cc1ccccc1)CC2C(=O)O. The second-order valence-corrected chi connectivity index (χ2v) is 8.88. The van der Waals surface area contributed by atoms with Gasteiger partial charge in [-0.25, -0.2) is 4.79 Å². The zero-order valence-corrected chi connectivity index (χ0v) is 16.5. The van der Waals surface area contributed by atoms with Crippen LogP contribution < -0.4 is 0 Å². The summed E-state index contributed by atoms with van der Waals surface area (Å²) in [6.45, 7) is 8.77. The van der Waals surface area contributed by atoms with E-state index in [1.165, 1.54) is 5.56 Å². The van der Waals surface area contributed by atoms with Gasteiger partial charge >= 0.3 is 12.1 Å². The number of carboxylic acid groups (broad SMARTS) is 1. The van der Waals surface area contributed by atoms with Gasteiger partial charge in [-0.05, 0) is 39.2 Å². The largest absolute Gasteiger partial charge is 0.481 e. The van der Waals surface area contributed by atoms with Gasteiger partial charge < -0.3 is 14.7 Å². The van der Waals surface area contributed by atoms with E-state index in [0.29, 0.717) is 32.5 Å². The number of amides is 1. The van der Waals surface area contributed by atoms with Crippen molar-refractivity contribution in [1.29, 1.82) is 0 Å². The highest BCUT2D eigenvalue weighted by molar-refractivity contribution is 5.72. The standard InChI is InChI=1S/C21H30N2O4/c1-20(2,3)27-19(26)23-11-9-21(10-12-23)15-22(14-17(21)18(24)25)13-16-7-5-4-6-8-16/h4-8,17H,9-15H2,1-3H3,(H,24,25). The van der Waals surface area contributed by atoms with Crippen molar-refractivity contribution in [1.82, 2.24) is 9.80 Å². The second kappa shape index (κ2) is 7.50. The topological polar surface area (TPSA) is 70.1 Å². The molecule has 1 unspecified atom stereocenters. The van der Waals surface area contributed by atoms with Gasteiger partial charge in [0.25, 0.3) is 0 Å². The molecular formula is C21H30N2O4. The van der Waals surface area contributed by atoms with Crippen LogP contribution in [-0.4, -0.2) is 58.7 Å². The number of aliphatic carboxylic acids is 1. The predicted molar refractivity (Wildman–Crippen MR) is 102 cm³/mol. The molecule has 0 radical (unpaired) electrons. The van der Waals surface area contributed by atoms with Crippen molar-refractivity contribution < 1.29 is 19.4 Å². The second-order valence-electron chi connectivity index (χ2n) is 8.88. The van der Waals surface area contributed by atoms with Gasteiger partial charge in [0.2, 0.25) is 0 Å². The highest BCUT2D eigenvalue weighted by Gasteiger charge is 2.51. The quantitative estimate of drug-likeness (QED) is 0.880. The molecule has 27 heavy (non-hydrogen) atoms. The van der Waals surface area contributed by atoms with Crippen LogP contribution in [-0.2, 0) is 16.1 Å². The first kappa shape index (κ1) is 19.7. The molecule has 2 saturated heterocycles. The Morgan fingerprint density at radius 3 is 2.37 bits per heavy atom. The van der Waals surface area contributed by atoms with E-state index in [9.17, 15) is 14.7 Å². The molecule has 6 heteroatoms. The van der Waals surface area contributed by atoms with E-state index in [2.05, 4.69) is 17.0 Å². The summed E-state index contributed by atoms with van der Waals surface area (Å²) in [4.78, 5) is 28.2. The monoisotopic (exact) mass is 374 g/mol. The maximum absolute atomic E-state index is 12.3. The van der Waals surface area contributed by atoms with E-state index in [1.807, 2.05) is 39.0 Å². The number of carbonyl (C=O) groups excluding carboxylic acids is 1. The summed E-state index contributed by atoms with van der Waals surface area (Å²) < 4.78 is 5.46. The molecule has 148 valence electrons. The molecule has 3 rings (SSSR count). The van der Waals surface area contributed by atoms with Gasteiger partial charge in [0.1, 0.15) is 5.60 Å². The highest BCUT2D eigenvalue weighted by atomic mass is 16.6. The molecule has 0 aromatic heterocycles. The Bertz CT molecular complexity index is 675. The number of piperidine rings is 1. The van der Waals surface area contributed by atoms with E-state index in [4.69, 9.17) is 4.74 Å². The smallest absolute Gasteiger partial charge is 0.410 e. The molecule has 1 amide bonds. The third-order valence-corrected chi connectivity index (χ3v) is 5.68. The lowest BCUT2D eigenvalue weighted by Gasteiger charge is -2.41. The van der Waals surface area contributed by atoms with Gasteiger partial charge in [-0.3, -0.25) is 9.69 Å². The number of rotatable bonds is 3. The van der Waals surface area contributed by atoms with Crippen LogP contribution in [0.3, 0.4) is 0 Å². The summed E-state index contributed by atoms with van der Waals surface area (Å²) in [5, 5.41) is 9.81. The van der Waals surface area contributed by atoms with E-state index >= 15 is 0 Å². The summed E-state index contributed by atoms with van der Waals surface area (Å²) in [6.07, 6.45) is 1.10. The fourth-order valence-electron chi connectivity index (χ4n) is 4.34. The van der Waals surface area contributed by atoms with Gasteiger partial charge in [0.05, 0.1) is 5.92 Å². The van der Waals surface area contributed by atoms with Crippen LogP contribution in [0.5, 0.6) is 0 Å². The first-order valence-electron chi connectivity index (χ1n) is 9.66. The van der Waals surface area contributed by atoms with Crippen molar-refractivity contribution >= 4 is 12.1 Å². The van der Waals surface area contributed by atoms with Crippen LogP contribution in [0.1, 0.15) is 39.2 Å². The summed E-state index contributed by atoms with van der Waals surface area (Å²) in [5.41, 5.74) is 0.416. The molecule has 2 aliphatic rings. The lowest BCUT2D eigenvalue weighted by atomic mass is 9.71. The van der Waals surface area contributed by atoms with Crippen LogP contribution in [0.25, 0.3) is 0 Å². The number of carbonyl (C=O) groups is 2. The molecule has 2 aliphatic heterocycles. The zero-order chi connectivity index (χ0) is 19.7. The number of hydrogen-bond acceptors (Lipinski definition) is 4. The average molecular weight is 374 g/mol. The van der Waals surface area contributed by atoms with E-state index in [0.717, 1.165) is 13.1 Å². The molecule has 6 nitrogen and oxygen atoms in total. The third-order valence-electron chi connectivity index (χ3n) is 5.68. The molecule has 0 saturated carbocycles. The number of hydrogen-bond donors (Lipinski definition) is 1. The Kier molecular flexibility index (Phi) is 5.47. The van der Waals surface area contributed by atoms with Crippen LogP contribution >= 0.6 is 0 Å². The number of nitrogens with zero attached hydrogens (tertiary/aromatic N) is 2. The van der Waals surface area contributed by atoms with Crippen LogP contribution in [0, 0.1) is 11.3 Å². The Morgan fingerprint density at radius 1 is 1.19 bits per heavy atom. The molecule has 1 spiro atoms. The Hall–Kier alpha value is -2.08. The van der Waals surface area contributed by atoms with Crippen molar-refractivity contribution in [2.75, 3.05) is 26.2 Å². The van der Waals surface area contributed by atoms with Gasteiger partial charge in [0.15, 0.2) is 0 Å². The summed E-state index contributed by atoms with van der Waals surface area (Å²) in [6, 6.07) is 10.2. The van der Waals surface area contributed by atoms with E-state index in [1.54, 1.807) is 4.90 Å². The van der Waals surface area contributed by atoms with Gasteiger partial charge in [-0.1, -0.05) is 30.3 Å². The van der Waals surface area contributed by atoms with Crippen LogP contribution in [0.4, 0.5) is 4.79 Å². The molecule has 0 bridgehead atoms. The van der Waals surface area contributed by atoms with Crippen molar-refractivity contribution in [3.63, 3.8) is 0 Å². The highest BCUT2D eigenvalue weighted by Crippen LogP contribution is 2.45. The molecular weight excluding hydrogens is 344 g/mol. The Labute approximate surface area is 161 Å². The Balaban J connectivity index is 1.65. The molecule has 1 N–H and O–H groups in total. The van der Waals surface area contributed by atoms with Gasteiger partial charge in [0, 0.05) is 38.1 Å². The van der Waals surface area contributed by atoms with Crippen molar-refractivity contribution in [3.05, 3.63) is 35.9 Å². The molecule has 1 atom stereocenters. The zero-order valence-electron chi connectivity index (χ0n) is 16.5. The van der Waals surface area contributed by atoms with Crippen LogP contribution in [0.15, 0.2) is 30.3 Å². The van der Waals surface area contributed by atoms with Crippen molar-refractivity contribution in [3.8, 4) is 0 Å². The summed E-state index contributed by atoms with van der Waals surface area (Å²) in [5.74, 6) is -1.11. The van der Waals surface area contributed by atoms with E-state index in [-0.39, 0.29) is 17.4 Å². The number of likely N-dealkylation sites (tertiary alicyclic amines) is 2. The molecule has 0 aliphatic carbocycles. The maximum atomic E-state index is 12.3. The molecule has 1 aromatic rings. The lowest BCUT2D eigenvalue weighted by molar-refractivity contribution is -0.145. The van der Waals surface area contributed by atoms with Gasteiger partial charge in [-0.15, -0.1) is 0 Å². The number of benzene rings is 1. The van der Waals surface area contributed by atoms with Crippen LogP contribution in [0.2, 0.25) is 0 Å². The fraction of sp³-hybridized carbons (Fsp3) is 0.619. The third kappa shape index (κ3) is 4.61. The normalized spacial score (nSPS) is 22.8. The van der Waals surface area contributed by atoms with Gasteiger partial charge in [-0.2, -0.15) is 0 Å². The number of carboxylic acids is 1. The van der Waals surface area contributed by atoms with Crippen molar-refractivity contribution in [2.24, 2.45) is 11.3 Å². The maximum Gasteiger partial charge on any atom is 0.410 e.